The molecule has 128 valence electrons. The lowest BCUT2D eigenvalue weighted by molar-refractivity contribution is 0.669. The second-order valence-electron chi connectivity index (χ2n) is 6.49. The lowest BCUT2D eigenvalue weighted by Gasteiger charge is -2.11. The molecule has 0 atom stereocenters. The molecule has 0 aliphatic heterocycles. The highest BCUT2D eigenvalue weighted by Gasteiger charge is 2.21. The standard InChI is InChI=1S/C23H15N3O/c1-15-13-16(14-24)21-18-9-5-6-10-19(18)27-22(21)20(15)23-25-11-12-26(23)17-7-3-2-4-8-17/h2-13H,1H3. The van der Waals surface area contributed by atoms with Crippen molar-refractivity contribution in [1.82, 2.24) is 9.55 Å². The zero-order valence-corrected chi connectivity index (χ0v) is 14.7. The highest BCUT2D eigenvalue weighted by Crippen LogP contribution is 2.39. The highest BCUT2D eigenvalue weighted by molar-refractivity contribution is 6.12. The molecule has 4 heteroatoms. The molecule has 0 amide bonds. The maximum Gasteiger partial charge on any atom is 0.148 e. The number of aryl methyl sites for hydroxylation is 1. The van der Waals surface area contributed by atoms with E-state index >= 15 is 0 Å². The van der Waals surface area contributed by atoms with Gasteiger partial charge in [0, 0.05) is 28.9 Å². The molecule has 0 radical (unpaired) electrons. The van der Waals surface area contributed by atoms with Gasteiger partial charge in [0.25, 0.3) is 0 Å². The fourth-order valence-electron chi connectivity index (χ4n) is 3.68. The minimum absolute atomic E-state index is 0.619. The number of imidazole rings is 1. The Morgan fingerprint density at radius 2 is 1.81 bits per heavy atom. The number of nitrogens with zero attached hydrogens (tertiary/aromatic N) is 3. The average Bonchev–Trinajstić information content (AvgIpc) is 3.33. The van der Waals surface area contributed by atoms with Gasteiger partial charge in [-0.2, -0.15) is 5.26 Å². The van der Waals surface area contributed by atoms with Crippen LogP contribution in [0.15, 0.2) is 77.5 Å². The van der Waals surface area contributed by atoms with Gasteiger partial charge in [0.15, 0.2) is 0 Å². The van der Waals surface area contributed by atoms with Gasteiger partial charge in [-0.25, -0.2) is 4.98 Å². The van der Waals surface area contributed by atoms with Crippen molar-refractivity contribution in [2.24, 2.45) is 0 Å². The van der Waals surface area contributed by atoms with Gasteiger partial charge >= 0.3 is 0 Å². The van der Waals surface area contributed by atoms with Crippen LogP contribution in [0.1, 0.15) is 11.1 Å². The Morgan fingerprint density at radius 3 is 2.63 bits per heavy atom. The van der Waals surface area contributed by atoms with E-state index < -0.39 is 0 Å². The van der Waals surface area contributed by atoms with E-state index in [0.717, 1.165) is 39.0 Å². The monoisotopic (exact) mass is 349 g/mol. The van der Waals surface area contributed by atoms with Crippen LogP contribution in [0.2, 0.25) is 0 Å². The van der Waals surface area contributed by atoms with E-state index in [4.69, 9.17) is 4.42 Å². The maximum atomic E-state index is 9.68. The smallest absolute Gasteiger partial charge is 0.148 e. The number of hydrogen-bond acceptors (Lipinski definition) is 3. The summed E-state index contributed by atoms with van der Waals surface area (Å²) in [5.41, 5.74) is 4.99. The molecule has 0 saturated heterocycles. The topological polar surface area (TPSA) is 54.8 Å². The lowest BCUT2D eigenvalue weighted by atomic mass is 9.98. The van der Waals surface area contributed by atoms with Crippen LogP contribution in [0.4, 0.5) is 0 Å². The summed E-state index contributed by atoms with van der Waals surface area (Å²) >= 11 is 0. The maximum absolute atomic E-state index is 9.68. The van der Waals surface area contributed by atoms with E-state index in [9.17, 15) is 5.26 Å². The zero-order valence-electron chi connectivity index (χ0n) is 14.7. The van der Waals surface area contributed by atoms with Crippen LogP contribution in [0.3, 0.4) is 0 Å². The van der Waals surface area contributed by atoms with Crippen molar-refractivity contribution < 1.29 is 4.42 Å². The molecule has 0 spiro atoms. The summed E-state index contributed by atoms with van der Waals surface area (Å²) in [6.07, 6.45) is 3.73. The van der Waals surface area contributed by atoms with E-state index in [1.165, 1.54) is 0 Å². The minimum atomic E-state index is 0.619. The van der Waals surface area contributed by atoms with Gasteiger partial charge in [0.05, 0.1) is 17.2 Å². The van der Waals surface area contributed by atoms with Gasteiger partial charge in [-0.1, -0.05) is 36.4 Å². The number of nitriles is 1. The van der Waals surface area contributed by atoms with Crippen LogP contribution >= 0.6 is 0 Å². The number of furan rings is 1. The van der Waals surface area contributed by atoms with Gasteiger partial charge in [-0.3, -0.25) is 4.57 Å². The minimum Gasteiger partial charge on any atom is -0.455 e. The van der Waals surface area contributed by atoms with Gasteiger partial charge in [-0.05, 0) is 36.8 Å². The lowest BCUT2D eigenvalue weighted by Crippen LogP contribution is -1.98. The molecule has 2 aromatic heterocycles. The molecule has 5 rings (SSSR count). The quantitative estimate of drug-likeness (QED) is 0.416. The van der Waals surface area contributed by atoms with Crippen molar-refractivity contribution in [1.29, 1.82) is 5.26 Å². The van der Waals surface area contributed by atoms with Gasteiger partial charge in [-0.15, -0.1) is 0 Å². The van der Waals surface area contributed by atoms with Crippen LogP contribution in [0, 0.1) is 18.3 Å². The third-order valence-electron chi connectivity index (χ3n) is 4.87. The predicted octanol–water partition coefficient (Wildman–Crippen LogP) is 5.62. The van der Waals surface area contributed by atoms with Crippen molar-refractivity contribution in [3.05, 3.63) is 84.2 Å². The normalized spacial score (nSPS) is 11.1. The second kappa shape index (κ2) is 5.86. The first-order chi connectivity index (χ1) is 13.3. The van der Waals surface area contributed by atoms with E-state index in [2.05, 4.69) is 11.1 Å². The molecule has 0 bridgehead atoms. The van der Waals surface area contributed by atoms with Crippen LogP contribution < -0.4 is 0 Å². The zero-order chi connectivity index (χ0) is 18.4. The SMILES string of the molecule is Cc1cc(C#N)c2c(oc3ccccc32)c1-c1nccn1-c1ccccc1. The molecule has 2 heterocycles. The Morgan fingerprint density at radius 1 is 1.04 bits per heavy atom. The molecular weight excluding hydrogens is 334 g/mol. The van der Waals surface area contributed by atoms with Crippen molar-refractivity contribution in [3.63, 3.8) is 0 Å². The molecule has 27 heavy (non-hydrogen) atoms. The number of para-hydroxylation sites is 2. The summed E-state index contributed by atoms with van der Waals surface area (Å²) in [7, 11) is 0. The van der Waals surface area contributed by atoms with Crippen LogP contribution in [-0.4, -0.2) is 9.55 Å². The van der Waals surface area contributed by atoms with Crippen molar-refractivity contribution in [3.8, 4) is 23.1 Å². The molecule has 0 aliphatic carbocycles. The van der Waals surface area contributed by atoms with Crippen LogP contribution in [0.25, 0.3) is 39.0 Å². The first-order valence-electron chi connectivity index (χ1n) is 8.72. The van der Waals surface area contributed by atoms with E-state index in [1.54, 1.807) is 6.20 Å². The molecule has 4 nitrogen and oxygen atoms in total. The summed E-state index contributed by atoms with van der Waals surface area (Å²) in [5.74, 6) is 0.798. The predicted molar refractivity (Wildman–Crippen MR) is 106 cm³/mol. The third kappa shape index (κ3) is 2.26. The number of fused-ring (bicyclic) bond motifs is 3. The van der Waals surface area contributed by atoms with E-state index in [0.29, 0.717) is 11.1 Å². The molecule has 3 aromatic carbocycles. The second-order valence-corrected chi connectivity index (χ2v) is 6.49. The summed E-state index contributed by atoms with van der Waals surface area (Å²) in [5, 5.41) is 11.5. The molecule has 0 saturated carbocycles. The summed E-state index contributed by atoms with van der Waals surface area (Å²) in [4.78, 5) is 4.62. The van der Waals surface area contributed by atoms with E-state index in [-0.39, 0.29) is 0 Å². The number of benzene rings is 3. The van der Waals surface area contributed by atoms with Crippen LogP contribution in [-0.2, 0) is 0 Å². The molecular formula is C23H15N3O. The van der Waals surface area contributed by atoms with Gasteiger partial charge < -0.3 is 4.42 Å². The average molecular weight is 349 g/mol. The summed E-state index contributed by atoms with van der Waals surface area (Å²) in [6, 6.07) is 22.1. The molecule has 5 aromatic rings. The first kappa shape index (κ1) is 15.4. The third-order valence-corrected chi connectivity index (χ3v) is 4.87. The first-order valence-corrected chi connectivity index (χ1v) is 8.72. The van der Waals surface area contributed by atoms with Crippen LogP contribution in [0.5, 0.6) is 0 Å². The molecule has 0 unspecified atom stereocenters. The van der Waals surface area contributed by atoms with Gasteiger partial charge in [0.2, 0.25) is 0 Å². The largest absolute Gasteiger partial charge is 0.455 e. The Kier molecular flexibility index (Phi) is 3.34. The van der Waals surface area contributed by atoms with Gasteiger partial charge in [0.1, 0.15) is 17.0 Å². The Hall–Kier alpha value is -3.84. The fourth-order valence-corrected chi connectivity index (χ4v) is 3.68. The Balaban J connectivity index is 1.90. The van der Waals surface area contributed by atoms with Crippen molar-refractivity contribution >= 4 is 21.9 Å². The summed E-state index contributed by atoms with van der Waals surface area (Å²) < 4.78 is 8.26. The molecule has 0 fully saturated rings. The Labute approximate surface area is 155 Å². The van der Waals surface area contributed by atoms with Crippen molar-refractivity contribution in [2.75, 3.05) is 0 Å². The molecule has 0 aliphatic rings. The number of hydrogen-bond donors (Lipinski definition) is 0. The fraction of sp³-hybridized carbons (Fsp3) is 0.0435. The Bertz CT molecular complexity index is 1340. The highest BCUT2D eigenvalue weighted by atomic mass is 16.3. The van der Waals surface area contributed by atoms with Crippen molar-refractivity contribution in [2.45, 2.75) is 6.92 Å². The number of rotatable bonds is 2. The summed E-state index contributed by atoms with van der Waals surface area (Å²) in [6.45, 7) is 1.99. The van der Waals surface area contributed by atoms with E-state index in [1.807, 2.05) is 78.4 Å². The number of aromatic nitrogens is 2. The molecule has 0 N–H and O–H groups in total.